The molecule has 3 nitrogen and oxygen atoms in total. The SMILES string of the molecule is C=CC(OC)[C@@H](O)[C@H](C)/C=C(/C)COCc1ccccc1. The fourth-order valence-electron chi connectivity index (χ4n) is 2.17. The van der Waals surface area contributed by atoms with Gasteiger partial charge in [0.05, 0.1) is 19.3 Å². The zero-order chi connectivity index (χ0) is 15.7. The summed E-state index contributed by atoms with van der Waals surface area (Å²) in [5.74, 6) is -0.0201. The number of aliphatic hydroxyl groups is 1. The second-order valence-corrected chi connectivity index (χ2v) is 5.28. The number of aliphatic hydroxyl groups excluding tert-OH is 1. The highest BCUT2D eigenvalue weighted by Crippen LogP contribution is 2.14. The molecule has 0 bridgehead atoms. The summed E-state index contributed by atoms with van der Waals surface area (Å²) in [5, 5.41) is 10.1. The normalized spacial score (nSPS) is 16.3. The van der Waals surface area contributed by atoms with Gasteiger partial charge >= 0.3 is 0 Å². The highest BCUT2D eigenvalue weighted by Gasteiger charge is 2.20. The third kappa shape index (κ3) is 6.25. The Morgan fingerprint density at radius 3 is 2.57 bits per heavy atom. The van der Waals surface area contributed by atoms with Crippen molar-refractivity contribution in [3.05, 3.63) is 60.2 Å². The molecule has 1 N–H and O–H groups in total. The van der Waals surface area contributed by atoms with Crippen molar-refractivity contribution in [2.75, 3.05) is 13.7 Å². The molecule has 0 fully saturated rings. The largest absolute Gasteiger partial charge is 0.389 e. The van der Waals surface area contributed by atoms with Crippen molar-refractivity contribution in [3.8, 4) is 0 Å². The lowest BCUT2D eigenvalue weighted by molar-refractivity contribution is -0.00171. The van der Waals surface area contributed by atoms with Crippen LogP contribution in [0.1, 0.15) is 19.4 Å². The summed E-state index contributed by atoms with van der Waals surface area (Å²) >= 11 is 0. The molecule has 0 saturated heterocycles. The minimum atomic E-state index is -0.600. The molecule has 0 spiro atoms. The van der Waals surface area contributed by atoms with E-state index in [0.29, 0.717) is 13.2 Å². The van der Waals surface area contributed by atoms with Crippen LogP contribution in [0.5, 0.6) is 0 Å². The predicted molar refractivity (Wildman–Crippen MR) is 86.0 cm³/mol. The highest BCUT2D eigenvalue weighted by molar-refractivity contribution is 5.13. The molecule has 1 aromatic carbocycles. The standard InChI is InChI=1S/C18H26O3/c1-5-17(20-4)18(19)15(3)11-14(2)12-21-13-16-9-7-6-8-10-16/h5-11,15,17-19H,1,12-13H2,2-4H3/b14-11-/t15-,17?,18+/m1/s1. The lowest BCUT2D eigenvalue weighted by Gasteiger charge is -2.22. The fraction of sp³-hybridized carbons (Fsp3) is 0.444. The summed E-state index contributed by atoms with van der Waals surface area (Å²) in [5.41, 5.74) is 2.25. The van der Waals surface area contributed by atoms with E-state index in [1.807, 2.05) is 50.3 Å². The van der Waals surface area contributed by atoms with Crippen molar-refractivity contribution < 1.29 is 14.6 Å². The summed E-state index contributed by atoms with van der Waals surface area (Å²) < 4.78 is 10.8. The second kappa shape index (κ2) is 9.50. The van der Waals surface area contributed by atoms with Gasteiger partial charge in [-0.1, -0.05) is 55.0 Å². The highest BCUT2D eigenvalue weighted by atomic mass is 16.5. The molecule has 1 aromatic rings. The Balaban J connectivity index is 2.43. The molecule has 0 aliphatic rings. The van der Waals surface area contributed by atoms with Crippen molar-refractivity contribution in [1.29, 1.82) is 0 Å². The van der Waals surface area contributed by atoms with Crippen molar-refractivity contribution in [2.24, 2.45) is 5.92 Å². The number of methoxy groups -OCH3 is 1. The van der Waals surface area contributed by atoms with Gasteiger partial charge in [-0.05, 0) is 12.5 Å². The average Bonchev–Trinajstić information content (AvgIpc) is 2.49. The van der Waals surface area contributed by atoms with Crippen LogP contribution in [0, 0.1) is 5.92 Å². The fourth-order valence-corrected chi connectivity index (χ4v) is 2.17. The zero-order valence-corrected chi connectivity index (χ0v) is 13.2. The number of rotatable bonds is 9. The van der Waals surface area contributed by atoms with E-state index in [0.717, 1.165) is 11.1 Å². The molecule has 0 aliphatic heterocycles. The van der Waals surface area contributed by atoms with Gasteiger partial charge in [0.2, 0.25) is 0 Å². The van der Waals surface area contributed by atoms with Gasteiger partial charge in [0.25, 0.3) is 0 Å². The predicted octanol–water partition coefficient (Wildman–Crippen LogP) is 3.35. The van der Waals surface area contributed by atoms with Gasteiger partial charge in [-0.2, -0.15) is 0 Å². The first-order valence-corrected chi connectivity index (χ1v) is 7.20. The molecule has 0 aromatic heterocycles. The molecule has 3 heteroatoms. The topological polar surface area (TPSA) is 38.7 Å². The Morgan fingerprint density at radius 1 is 1.33 bits per heavy atom. The second-order valence-electron chi connectivity index (χ2n) is 5.28. The maximum absolute atomic E-state index is 10.1. The van der Waals surface area contributed by atoms with E-state index in [2.05, 4.69) is 6.58 Å². The molecule has 116 valence electrons. The maximum atomic E-state index is 10.1. The average molecular weight is 290 g/mol. The van der Waals surface area contributed by atoms with E-state index >= 15 is 0 Å². The lowest BCUT2D eigenvalue weighted by Crippen LogP contribution is -2.31. The van der Waals surface area contributed by atoms with Gasteiger partial charge in [0.1, 0.15) is 6.10 Å². The molecule has 0 aliphatic carbocycles. The Hall–Kier alpha value is -1.42. The van der Waals surface area contributed by atoms with Crippen molar-refractivity contribution in [3.63, 3.8) is 0 Å². The molecule has 0 radical (unpaired) electrons. The summed E-state index contributed by atoms with van der Waals surface area (Å²) in [6, 6.07) is 10.1. The van der Waals surface area contributed by atoms with Gasteiger partial charge in [-0.15, -0.1) is 6.58 Å². The number of ether oxygens (including phenoxy) is 2. The molecule has 0 saturated carbocycles. The van der Waals surface area contributed by atoms with Crippen LogP contribution in [-0.2, 0) is 16.1 Å². The first-order valence-electron chi connectivity index (χ1n) is 7.20. The molecular formula is C18H26O3. The van der Waals surface area contributed by atoms with Crippen LogP contribution >= 0.6 is 0 Å². The van der Waals surface area contributed by atoms with Gasteiger partial charge in [0, 0.05) is 13.0 Å². The molecule has 3 atom stereocenters. The van der Waals surface area contributed by atoms with Crippen LogP contribution in [0.2, 0.25) is 0 Å². The summed E-state index contributed by atoms with van der Waals surface area (Å²) in [7, 11) is 1.57. The molecule has 0 heterocycles. The van der Waals surface area contributed by atoms with Crippen LogP contribution in [0.4, 0.5) is 0 Å². The first kappa shape index (κ1) is 17.6. The zero-order valence-electron chi connectivity index (χ0n) is 13.2. The van der Waals surface area contributed by atoms with E-state index in [1.165, 1.54) is 0 Å². The van der Waals surface area contributed by atoms with E-state index < -0.39 is 6.10 Å². The Bertz CT molecular complexity index is 439. The van der Waals surface area contributed by atoms with Gasteiger partial charge in [0.15, 0.2) is 0 Å². The lowest BCUT2D eigenvalue weighted by atomic mass is 9.97. The van der Waals surface area contributed by atoms with Crippen LogP contribution in [0.15, 0.2) is 54.6 Å². The minimum Gasteiger partial charge on any atom is -0.389 e. The Morgan fingerprint density at radius 2 is 2.00 bits per heavy atom. The van der Waals surface area contributed by atoms with E-state index in [4.69, 9.17) is 9.47 Å². The number of hydrogen-bond donors (Lipinski definition) is 1. The van der Waals surface area contributed by atoms with Crippen molar-refractivity contribution in [2.45, 2.75) is 32.7 Å². The van der Waals surface area contributed by atoms with Gasteiger partial charge in [-0.3, -0.25) is 0 Å². The van der Waals surface area contributed by atoms with Gasteiger partial charge < -0.3 is 14.6 Å². The third-order valence-electron chi connectivity index (χ3n) is 3.37. The Labute approximate surface area is 127 Å². The smallest absolute Gasteiger partial charge is 0.101 e. The van der Waals surface area contributed by atoms with E-state index in [1.54, 1.807) is 13.2 Å². The minimum absolute atomic E-state index is 0.0201. The summed E-state index contributed by atoms with van der Waals surface area (Å²) in [4.78, 5) is 0. The van der Waals surface area contributed by atoms with Crippen molar-refractivity contribution >= 4 is 0 Å². The first-order chi connectivity index (χ1) is 10.1. The van der Waals surface area contributed by atoms with Crippen LogP contribution < -0.4 is 0 Å². The monoisotopic (exact) mass is 290 g/mol. The third-order valence-corrected chi connectivity index (χ3v) is 3.37. The Kier molecular flexibility index (Phi) is 7.98. The summed E-state index contributed by atoms with van der Waals surface area (Å²) in [6.07, 6.45) is 2.69. The molecular weight excluding hydrogens is 264 g/mol. The number of benzene rings is 1. The molecule has 1 rings (SSSR count). The molecule has 1 unspecified atom stereocenters. The number of hydrogen-bond acceptors (Lipinski definition) is 3. The summed E-state index contributed by atoms with van der Waals surface area (Å²) in [6.45, 7) is 8.78. The van der Waals surface area contributed by atoms with E-state index in [9.17, 15) is 5.11 Å². The van der Waals surface area contributed by atoms with Crippen LogP contribution in [0.3, 0.4) is 0 Å². The maximum Gasteiger partial charge on any atom is 0.101 e. The van der Waals surface area contributed by atoms with Crippen LogP contribution in [-0.4, -0.2) is 31.0 Å². The molecule has 0 amide bonds. The van der Waals surface area contributed by atoms with E-state index in [-0.39, 0.29) is 12.0 Å². The van der Waals surface area contributed by atoms with Gasteiger partial charge in [-0.25, -0.2) is 0 Å². The molecule has 21 heavy (non-hydrogen) atoms. The van der Waals surface area contributed by atoms with Crippen LogP contribution in [0.25, 0.3) is 0 Å². The quantitative estimate of drug-likeness (QED) is 0.709. The van der Waals surface area contributed by atoms with Crippen molar-refractivity contribution in [1.82, 2.24) is 0 Å².